The lowest BCUT2D eigenvalue weighted by Gasteiger charge is -2.31. The maximum atomic E-state index is 11.8. The number of hydrogen-bond donors (Lipinski definition) is 1. The van der Waals surface area contributed by atoms with Crippen LogP contribution in [0.25, 0.3) is 0 Å². The van der Waals surface area contributed by atoms with E-state index in [-0.39, 0.29) is 0 Å². The molecule has 0 aromatic carbocycles. The van der Waals surface area contributed by atoms with Crippen LogP contribution in [0.1, 0.15) is 34.1 Å². The van der Waals surface area contributed by atoms with Crippen LogP contribution in [-0.2, 0) is 4.79 Å². The van der Waals surface area contributed by atoms with Gasteiger partial charge in [-0.3, -0.25) is 4.79 Å². The van der Waals surface area contributed by atoms with Crippen molar-refractivity contribution in [2.45, 2.75) is 58.2 Å². The van der Waals surface area contributed by atoms with Crippen LogP contribution in [0.5, 0.6) is 0 Å². The first kappa shape index (κ1) is 42.5. The van der Waals surface area contributed by atoms with Crippen LogP contribution in [0.3, 0.4) is 0 Å². The zero-order chi connectivity index (χ0) is 28.3. The highest BCUT2D eigenvalue weighted by molar-refractivity contribution is 7.54. The zero-order valence-electron chi connectivity index (χ0n) is 18.1. The molecule has 0 saturated carbocycles. The molecule has 15 heteroatoms. The first-order valence-electron chi connectivity index (χ1n) is 8.22. The summed E-state index contributed by atoms with van der Waals surface area (Å²) in [5, 5.41) is 8.36. The van der Waals surface area contributed by atoms with Crippen LogP contribution in [0.2, 0.25) is 0 Å². The van der Waals surface area contributed by atoms with E-state index in [1.54, 1.807) is 12.2 Å². The Balaban J connectivity index is -0.000000111. The van der Waals surface area contributed by atoms with Gasteiger partial charge in [-0.25, -0.2) is 30.1 Å². The topological polar surface area (TPSA) is 37.3 Å². The molecule has 0 atom stereocenters. The molecule has 196 valence electrons. The van der Waals surface area contributed by atoms with E-state index >= 15 is 0 Å². The standard InChI is InChI=1S/C6H6F6O.C6H10.C3H3F3O.C3H6.Al.3ClH/c1-2-3-4(13,5(7,8)9)6(10,11)12;1-4-5-6(2)3;1-2(7)3(4,5)6;1-3-2;;;;/h2,13H,1,3H2;4-5H,1H2,2-3H3;1H3;3H,1H2,2H3;;3*1H/q;;;;+3;;;/p-3. The number of alkyl halides is 9. The summed E-state index contributed by atoms with van der Waals surface area (Å²) in [5.41, 5.74) is -3.40. The first-order chi connectivity index (χ1) is 14.4. The number of allylic oxidation sites excluding steroid dienone is 4. The number of carbonyl (C=O) groups excluding carboxylic acids is 1. The Labute approximate surface area is 204 Å². The lowest BCUT2D eigenvalue weighted by molar-refractivity contribution is -0.366. The summed E-state index contributed by atoms with van der Waals surface area (Å²) in [6.07, 6.45) is -11.9. The molecule has 0 rings (SSSR count). The van der Waals surface area contributed by atoms with E-state index in [0.717, 1.165) is 0 Å². The van der Waals surface area contributed by atoms with Crippen LogP contribution in [0, 0.1) is 0 Å². The second-order valence-corrected chi connectivity index (χ2v) is 12.0. The SMILES string of the molecule is C=CC.C=CC=C(C)C.C=CCC(O)(C(F)(F)F)C(F)(F)F.CC(=O)C(F)(F)F.[Cl][Al]([Cl])[Cl]. The van der Waals surface area contributed by atoms with Gasteiger partial charge >= 0.3 is 29.9 Å². The van der Waals surface area contributed by atoms with E-state index < -0.39 is 47.7 Å². The Morgan fingerprint density at radius 2 is 1.12 bits per heavy atom. The zero-order valence-corrected chi connectivity index (χ0v) is 21.5. The van der Waals surface area contributed by atoms with Gasteiger partial charge in [0, 0.05) is 13.3 Å². The minimum absolute atomic E-state index is 0.362. The van der Waals surface area contributed by atoms with Gasteiger partial charge in [-0.2, -0.15) is 39.5 Å². The maximum absolute atomic E-state index is 11.8. The van der Waals surface area contributed by atoms with Crippen LogP contribution in [0.4, 0.5) is 39.5 Å². The molecule has 0 heterocycles. The minimum atomic E-state index is -5.75. The fraction of sp³-hybridized carbons (Fsp3) is 0.500. The first-order valence-corrected chi connectivity index (χ1v) is 13.5. The van der Waals surface area contributed by atoms with Gasteiger partial charge in [0.15, 0.2) is 0 Å². The quantitative estimate of drug-likeness (QED) is 0.158. The van der Waals surface area contributed by atoms with Crippen molar-refractivity contribution in [2.24, 2.45) is 0 Å². The van der Waals surface area contributed by atoms with Crippen LogP contribution < -0.4 is 0 Å². The summed E-state index contributed by atoms with van der Waals surface area (Å²) >= 11 is -1.72. The summed E-state index contributed by atoms with van der Waals surface area (Å²) in [6, 6.07) is 0. The normalized spacial score (nSPS) is 10.6. The lowest BCUT2D eigenvalue weighted by Crippen LogP contribution is -2.56. The fourth-order valence-electron chi connectivity index (χ4n) is 0.837. The number of aliphatic hydroxyl groups is 1. The summed E-state index contributed by atoms with van der Waals surface area (Å²) in [5.74, 6) is -1.76. The lowest BCUT2D eigenvalue weighted by atomic mass is 9.98. The van der Waals surface area contributed by atoms with Gasteiger partial charge in [-0.1, -0.05) is 36.5 Å². The number of ketones is 1. The van der Waals surface area contributed by atoms with Gasteiger partial charge in [0.2, 0.25) is 5.78 Å². The van der Waals surface area contributed by atoms with Gasteiger partial charge in [0.25, 0.3) is 5.60 Å². The third-order valence-corrected chi connectivity index (χ3v) is 2.23. The third-order valence-electron chi connectivity index (χ3n) is 2.23. The van der Waals surface area contributed by atoms with E-state index in [1.165, 1.54) is 5.57 Å². The van der Waals surface area contributed by atoms with Crippen molar-refractivity contribution in [3.63, 3.8) is 0 Å². The molecule has 0 spiro atoms. The summed E-state index contributed by atoms with van der Waals surface area (Å²) in [7, 11) is 14.8. The van der Waals surface area contributed by atoms with Crippen molar-refractivity contribution in [1.82, 2.24) is 0 Å². The molecule has 0 aromatic heterocycles. The molecule has 2 nitrogen and oxygen atoms in total. The average molecular weight is 578 g/mol. The molecule has 0 bridgehead atoms. The molecule has 0 saturated heterocycles. The largest absolute Gasteiger partial charge is 0.643 e. The van der Waals surface area contributed by atoms with E-state index in [1.807, 2.05) is 26.8 Å². The van der Waals surface area contributed by atoms with Crippen molar-refractivity contribution in [3.05, 3.63) is 49.6 Å². The maximum Gasteiger partial charge on any atom is 0.643 e. The summed E-state index contributed by atoms with van der Waals surface area (Å²) < 4.78 is 103. The molecular weight excluding hydrogens is 553 g/mol. The second-order valence-electron chi connectivity index (χ2n) is 5.54. The summed E-state index contributed by atoms with van der Waals surface area (Å²) in [4.78, 5) is 9.34. The molecule has 1 N–H and O–H groups in total. The van der Waals surface area contributed by atoms with Crippen LogP contribution in [-0.4, -0.2) is 46.4 Å². The molecular formula is C18H25AlCl3F9O2. The highest BCUT2D eigenvalue weighted by atomic mass is 35.8. The highest BCUT2D eigenvalue weighted by Gasteiger charge is 2.69. The smallest absolute Gasteiger partial charge is 0.373 e. The Morgan fingerprint density at radius 3 is 1.15 bits per heavy atom. The summed E-state index contributed by atoms with van der Waals surface area (Å²) in [6.45, 7) is 16.1. The molecule has 0 radical (unpaired) electrons. The van der Waals surface area contributed by atoms with Crippen molar-refractivity contribution < 1.29 is 49.4 Å². The van der Waals surface area contributed by atoms with Crippen LogP contribution in [0.15, 0.2) is 49.6 Å². The second kappa shape index (κ2) is 20.7. The monoisotopic (exact) mass is 576 g/mol. The van der Waals surface area contributed by atoms with Crippen molar-refractivity contribution in [2.75, 3.05) is 0 Å². The molecule has 0 amide bonds. The van der Waals surface area contributed by atoms with Crippen molar-refractivity contribution in [1.29, 1.82) is 0 Å². The molecule has 0 aliphatic heterocycles. The Morgan fingerprint density at radius 1 is 0.879 bits per heavy atom. The van der Waals surface area contributed by atoms with E-state index in [9.17, 15) is 44.3 Å². The Kier molecular flexibility index (Phi) is 26.7. The van der Waals surface area contributed by atoms with Crippen molar-refractivity contribution >= 4 is 47.3 Å². The average Bonchev–Trinajstić information content (AvgIpc) is 2.53. The highest BCUT2D eigenvalue weighted by Crippen LogP contribution is 2.45. The Hall–Kier alpha value is -0.638. The molecule has 0 fully saturated rings. The molecule has 0 unspecified atom stereocenters. The minimum Gasteiger partial charge on any atom is -0.373 e. The van der Waals surface area contributed by atoms with E-state index in [2.05, 4.69) is 19.7 Å². The Bertz CT molecular complexity index is 565. The van der Waals surface area contributed by atoms with E-state index in [0.29, 0.717) is 13.0 Å². The number of halogens is 12. The molecule has 0 aromatic rings. The van der Waals surface area contributed by atoms with Crippen LogP contribution >= 0.6 is 30.1 Å². The van der Waals surface area contributed by atoms with Gasteiger partial charge < -0.3 is 5.11 Å². The number of rotatable bonds is 3. The fourth-order valence-corrected chi connectivity index (χ4v) is 0.837. The molecule has 0 aliphatic carbocycles. The predicted molar refractivity (Wildman–Crippen MR) is 117 cm³/mol. The predicted octanol–water partition coefficient (Wildman–Crippen LogP) is 8.57. The van der Waals surface area contributed by atoms with Gasteiger partial charge in [0.1, 0.15) is 0 Å². The number of hydrogen-bond acceptors (Lipinski definition) is 2. The van der Waals surface area contributed by atoms with E-state index in [4.69, 9.17) is 35.3 Å². The third kappa shape index (κ3) is 29.3. The van der Waals surface area contributed by atoms with Crippen molar-refractivity contribution in [3.8, 4) is 0 Å². The molecule has 0 aliphatic rings. The molecule has 33 heavy (non-hydrogen) atoms. The van der Waals surface area contributed by atoms with Gasteiger partial charge in [0.05, 0.1) is 0 Å². The number of Topliss-reactive ketones (excluding diaryl/α,β-unsaturated/α-hetero) is 1. The van der Waals surface area contributed by atoms with Gasteiger partial charge in [-0.05, 0) is 20.8 Å². The van der Waals surface area contributed by atoms with Gasteiger partial charge in [-0.15, -0.1) is 13.2 Å². The number of carbonyl (C=O) groups is 1.